The lowest BCUT2D eigenvalue weighted by Crippen LogP contribution is -2.33. The molecule has 0 fully saturated rings. The van der Waals surface area contributed by atoms with Gasteiger partial charge >= 0.3 is 6.09 Å². The highest BCUT2D eigenvalue weighted by atomic mass is 16.6. The second-order valence-electron chi connectivity index (χ2n) is 6.65. The predicted octanol–water partition coefficient (Wildman–Crippen LogP) is 5.25. The molecule has 0 unspecified atom stereocenters. The molecule has 0 aliphatic heterocycles. The molecule has 0 saturated heterocycles. The summed E-state index contributed by atoms with van der Waals surface area (Å²) < 4.78 is 17.5. The maximum Gasteiger partial charge on any atom is 0.415 e. The number of hydrogen-bond acceptors (Lipinski definition) is 4. The summed E-state index contributed by atoms with van der Waals surface area (Å²) in [6.45, 7) is 13.0. The standard InChI is InChI=1S/C21H29NO4/c1-7-22(8-2)21(23)26-18-11-9-10-16-12-19(24-14(3)4)20(13-17(16)18)25-15(5)6/h9-15H,7-8H2,1-6H3. The minimum Gasteiger partial charge on any atom is -0.487 e. The molecule has 2 aromatic carbocycles. The SMILES string of the molecule is CCN(CC)C(=O)Oc1cccc2cc(OC(C)C)c(OC(C)C)cc12. The molecule has 2 rings (SSSR count). The first-order valence-electron chi connectivity index (χ1n) is 9.22. The second-order valence-corrected chi connectivity index (χ2v) is 6.65. The normalized spacial score (nSPS) is 11.1. The third-order valence-electron chi connectivity index (χ3n) is 3.85. The summed E-state index contributed by atoms with van der Waals surface area (Å²) >= 11 is 0. The van der Waals surface area contributed by atoms with Crippen molar-refractivity contribution < 1.29 is 19.0 Å². The number of carbonyl (C=O) groups excluding carboxylic acids is 1. The minimum absolute atomic E-state index is 0.00680. The smallest absolute Gasteiger partial charge is 0.415 e. The van der Waals surface area contributed by atoms with Crippen molar-refractivity contribution in [2.45, 2.75) is 53.8 Å². The molecule has 142 valence electrons. The van der Waals surface area contributed by atoms with Gasteiger partial charge in [-0.2, -0.15) is 0 Å². The third-order valence-corrected chi connectivity index (χ3v) is 3.85. The van der Waals surface area contributed by atoms with Crippen LogP contribution in [0.2, 0.25) is 0 Å². The molecular weight excluding hydrogens is 330 g/mol. The fraction of sp³-hybridized carbons (Fsp3) is 0.476. The zero-order valence-corrected chi connectivity index (χ0v) is 16.5. The molecule has 0 saturated carbocycles. The van der Waals surface area contributed by atoms with E-state index in [1.165, 1.54) is 0 Å². The first-order valence-corrected chi connectivity index (χ1v) is 9.22. The van der Waals surface area contributed by atoms with Gasteiger partial charge < -0.3 is 19.1 Å². The Hall–Kier alpha value is -2.43. The van der Waals surface area contributed by atoms with E-state index in [1.54, 1.807) is 11.0 Å². The molecule has 26 heavy (non-hydrogen) atoms. The van der Waals surface area contributed by atoms with E-state index in [2.05, 4.69) is 0 Å². The molecule has 2 aromatic rings. The van der Waals surface area contributed by atoms with Crippen molar-refractivity contribution in [3.63, 3.8) is 0 Å². The highest BCUT2D eigenvalue weighted by Gasteiger charge is 2.17. The largest absolute Gasteiger partial charge is 0.487 e. The van der Waals surface area contributed by atoms with E-state index < -0.39 is 0 Å². The number of carbonyl (C=O) groups is 1. The van der Waals surface area contributed by atoms with E-state index in [9.17, 15) is 4.79 Å². The fourth-order valence-electron chi connectivity index (χ4n) is 2.68. The first kappa shape index (κ1) is 19.9. The second kappa shape index (κ2) is 8.79. The molecule has 0 aliphatic rings. The fourth-order valence-corrected chi connectivity index (χ4v) is 2.68. The molecule has 0 aliphatic carbocycles. The van der Waals surface area contributed by atoms with Gasteiger partial charge in [-0.05, 0) is 65.1 Å². The van der Waals surface area contributed by atoms with Gasteiger partial charge in [0.1, 0.15) is 5.75 Å². The van der Waals surface area contributed by atoms with Crippen LogP contribution in [0.25, 0.3) is 10.8 Å². The van der Waals surface area contributed by atoms with Gasteiger partial charge in [0.2, 0.25) is 0 Å². The van der Waals surface area contributed by atoms with Crippen molar-refractivity contribution in [2.24, 2.45) is 0 Å². The van der Waals surface area contributed by atoms with Gasteiger partial charge in [-0.25, -0.2) is 4.79 Å². The Balaban J connectivity index is 2.48. The van der Waals surface area contributed by atoms with Gasteiger partial charge in [0.05, 0.1) is 12.2 Å². The maximum atomic E-state index is 12.3. The van der Waals surface area contributed by atoms with Crippen molar-refractivity contribution in [3.8, 4) is 17.2 Å². The van der Waals surface area contributed by atoms with E-state index in [-0.39, 0.29) is 18.3 Å². The highest BCUT2D eigenvalue weighted by molar-refractivity contribution is 5.92. The number of benzene rings is 2. The Kier molecular flexibility index (Phi) is 6.72. The first-order chi connectivity index (χ1) is 12.3. The average molecular weight is 359 g/mol. The molecule has 5 heteroatoms. The van der Waals surface area contributed by atoms with Crippen LogP contribution < -0.4 is 14.2 Å². The van der Waals surface area contributed by atoms with Crippen molar-refractivity contribution in [1.82, 2.24) is 4.90 Å². The summed E-state index contributed by atoms with van der Waals surface area (Å²) in [5, 5.41) is 1.75. The lowest BCUT2D eigenvalue weighted by atomic mass is 10.1. The van der Waals surface area contributed by atoms with Crippen molar-refractivity contribution >= 4 is 16.9 Å². The van der Waals surface area contributed by atoms with Gasteiger partial charge in [0.15, 0.2) is 11.5 Å². The quantitative estimate of drug-likeness (QED) is 0.677. The number of fused-ring (bicyclic) bond motifs is 1. The number of rotatable bonds is 7. The molecule has 0 N–H and O–H groups in total. The van der Waals surface area contributed by atoms with E-state index >= 15 is 0 Å². The molecule has 0 bridgehead atoms. The van der Waals surface area contributed by atoms with E-state index in [1.807, 2.05) is 65.8 Å². The van der Waals surface area contributed by atoms with Crippen LogP contribution in [0, 0.1) is 0 Å². The van der Waals surface area contributed by atoms with Gasteiger partial charge in [0.25, 0.3) is 0 Å². The van der Waals surface area contributed by atoms with Gasteiger partial charge in [-0.1, -0.05) is 12.1 Å². The number of ether oxygens (including phenoxy) is 3. The average Bonchev–Trinajstić information content (AvgIpc) is 2.56. The summed E-state index contributed by atoms with van der Waals surface area (Å²) in [6.07, 6.45) is -0.311. The number of hydrogen-bond donors (Lipinski definition) is 0. The van der Waals surface area contributed by atoms with Gasteiger partial charge in [0, 0.05) is 18.5 Å². The molecule has 0 aromatic heterocycles. The molecule has 1 amide bonds. The Morgan fingerprint density at radius 3 is 2.04 bits per heavy atom. The van der Waals surface area contributed by atoms with Gasteiger partial charge in [-0.15, -0.1) is 0 Å². The van der Waals surface area contributed by atoms with Crippen LogP contribution in [0.3, 0.4) is 0 Å². The zero-order valence-electron chi connectivity index (χ0n) is 16.5. The van der Waals surface area contributed by atoms with Gasteiger partial charge in [-0.3, -0.25) is 0 Å². The summed E-state index contributed by atoms with van der Waals surface area (Å²) in [7, 11) is 0. The molecule has 5 nitrogen and oxygen atoms in total. The van der Waals surface area contributed by atoms with Crippen molar-refractivity contribution in [1.29, 1.82) is 0 Å². The summed E-state index contributed by atoms with van der Waals surface area (Å²) in [6, 6.07) is 9.46. The van der Waals surface area contributed by atoms with E-state index in [4.69, 9.17) is 14.2 Å². The lowest BCUT2D eigenvalue weighted by Gasteiger charge is -2.20. The van der Waals surface area contributed by atoms with Crippen LogP contribution in [0.1, 0.15) is 41.5 Å². The van der Waals surface area contributed by atoms with Crippen LogP contribution in [0.5, 0.6) is 17.2 Å². The van der Waals surface area contributed by atoms with E-state index in [0.717, 1.165) is 10.8 Å². The van der Waals surface area contributed by atoms with Crippen LogP contribution in [0.15, 0.2) is 30.3 Å². The summed E-state index contributed by atoms with van der Waals surface area (Å²) in [5.41, 5.74) is 0. The zero-order chi connectivity index (χ0) is 19.3. The van der Waals surface area contributed by atoms with Crippen LogP contribution in [-0.2, 0) is 0 Å². The number of nitrogens with zero attached hydrogens (tertiary/aromatic N) is 1. The number of amides is 1. The lowest BCUT2D eigenvalue weighted by molar-refractivity contribution is 0.158. The Labute approximate surface area is 155 Å². The van der Waals surface area contributed by atoms with Crippen molar-refractivity contribution in [3.05, 3.63) is 30.3 Å². The molecule has 0 radical (unpaired) electrons. The maximum absolute atomic E-state index is 12.3. The monoisotopic (exact) mass is 359 g/mol. The Bertz CT molecular complexity index is 751. The van der Waals surface area contributed by atoms with Crippen LogP contribution in [-0.4, -0.2) is 36.3 Å². The molecular formula is C21H29NO4. The van der Waals surface area contributed by atoms with E-state index in [0.29, 0.717) is 30.3 Å². The third kappa shape index (κ3) is 4.81. The summed E-state index contributed by atoms with van der Waals surface area (Å²) in [5.74, 6) is 1.85. The predicted molar refractivity (Wildman–Crippen MR) is 104 cm³/mol. The highest BCUT2D eigenvalue weighted by Crippen LogP contribution is 2.37. The Morgan fingerprint density at radius 2 is 1.50 bits per heavy atom. The van der Waals surface area contributed by atoms with Crippen LogP contribution >= 0.6 is 0 Å². The Morgan fingerprint density at radius 1 is 0.923 bits per heavy atom. The summed E-state index contributed by atoms with van der Waals surface area (Å²) in [4.78, 5) is 14.0. The van der Waals surface area contributed by atoms with Crippen LogP contribution in [0.4, 0.5) is 4.79 Å². The molecule has 0 heterocycles. The van der Waals surface area contributed by atoms with Crippen molar-refractivity contribution in [2.75, 3.05) is 13.1 Å². The molecule has 0 spiro atoms. The topological polar surface area (TPSA) is 48.0 Å². The minimum atomic E-state index is -0.351. The molecule has 0 atom stereocenters.